The van der Waals surface area contributed by atoms with Crippen LogP contribution in [0.4, 0.5) is 4.39 Å². The number of rotatable bonds is 3. The number of carbonyl (C=O) groups excluding carboxylic acids is 1. The van der Waals surface area contributed by atoms with E-state index in [0.717, 1.165) is 10.9 Å². The van der Waals surface area contributed by atoms with Crippen LogP contribution < -0.4 is 0 Å². The summed E-state index contributed by atoms with van der Waals surface area (Å²) in [6, 6.07) is 6.13. The number of aromatic nitrogens is 1. The maximum Gasteiger partial charge on any atom is 0.313 e. The molecule has 1 unspecified atom stereocenters. The molecular weight excluding hydrogens is 233 g/mol. The normalized spacial score (nSPS) is 12.4. The standard InChI is InChI=1S/C14H14FNO2/c1-3-18-14(17)9(2)11-6-7-16-13-8-10(15)4-5-12(11)13/h4-9H,3H2,1-2H3. The molecule has 1 aromatic carbocycles. The maximum absolute atomic E-state index is 13.1. The minimum Gasteiger partial charge on any atom is -0.466 e. The van der Waals surface area contributed by atoms with E-state index in [2.05, 4.69) is 4.98 Å². The van der Waals surface area contributed by atoms with Crippen molar-refractivity contribution in [2.45, 2.75) is 19.8 Å². The third-order valence-corrected chi connectivity index (χ3v) is 2.85. The number of ether oxygens (including phenoxy) is 1. The molecule has 1 atom stereocenters. The molecule has 0 radical (unpaired) electrons. The molecule has 0 spiro atoms. The van der Waals surface area contributed by atoms with E-state index < -0.39 is 0 Å². The average Bonchev–Trinajstić information content (AvgIpc) is 2.37. The Balaban J connectivity index is 2.47. The van der Waals surface area contributed by atoms with Crippen molar-refractivity contribution in [1.29, 1.82) is 0 Å². The minimum atomic E-state index is -0.388. The number of halogens is 1. The molecule has 0 saturated heterocycles. The van der Waals surface area contributed by atoms with Crippen LogP contribution in [0.3, 0.4) is 0 Å². The van der Waals surface area contributed by atoms with Gasteiger partial charge in [-0.25, -0.2) is 4.39 Å². The van der Waals surface area contributed by atoms with Crippen LogP contribution in [0.5, 0.6) is 0 Å². The van der Waals surface area contributed by atoms with Gasteiger partial charge in [0.25, 0.3) is 0 Å². The molecule has 3 nitrogen and oxygen atoms in total. The van der Waals surface area contributed by atoms with E-state index in [1.54, 1.807) is 32.2 Å². The minimum absolute atomic E-state index is 0.283. The molecule has 0 aliphatic rings. The molecule has 0 aliphatic heterocycles. The van der Waals surface area contributed by atoms with Gasteiger partial charge in [-0.3, -0.25) is 9.78 Å². The highest BCUT2D eigenvalue weighted by Gasteiger charge is 2.18. The molecular formula is C14H14FNO2. The molecule has 0 amide bonds. The van der Waals surface area contributed by atoms with Gasteiger partial charge < -0.3 is 4.74 Å². The van der Waals surface area contributed by atoms with E-state index in [9.17, 15) is 9.18 Å². The summed E-state index contributed by atoms with van der Waals surface area (Å²) >= 11 is 0. The Hall–Kier alpha value is -1.97. The number of nitrogens with zero attached hydrogens (tertiary/aromatic N) is 1. The molecule has 2 rings (SSSR count). The Morgan fingerprint density at radius 2 is 2.22 bits per heavy atom. The zero-order valence-electron chi connectivity index (χ0n) is 10.3. The Labute approximate surface area is 105 Å². The van der Waals surface area contributed by atoms with Gasteiger partial charge in [0.15, 0.2) is 0 Å². The van der Waals surface area contributed by atoms with Crippen LogP contribution in [-0.2, 0) is 9.53 Å². The largest absolute Gasteiger partial charge is 0.466 e. The number of esters is 1. The topological polar surface area (TPSA) is 39.2 Å². The second-order valence-corrected chi connectivity index (χ2v) is 4.04. The number of benzene rings is 1. The van der Waals surface area contributed by atoms with Crippen molar-refractivity contribution < 1.29 is 13.9 Å². The second kappa shape index (κ2) is 5.12. The van der Waals surface area contributed by atoms with Gasteiger partial charge in [0.2, 0.25) is 0 Å². The molecule has 1 heterocycles. The first-order valence-corrected chi connectivity index (χ1v) is 5.84. The summed E-state index contributed by atoms with van der Waals surface area (Å²) in [5.74, 6) is -1.01. The van der Waals surface area contributed by atoms with Crippen molar-refractivity contribution in [3.8, 4) is 0 Å². The van der Waals surface area contributed by atoms with E-state index in [4.69, 9.17) is 4.74 Å². The van der Waals surface area contributed by atoms with Crippen molar-refractivity contribution in [2.75, 3.05) is 6.61 Å². The zero-order chi connectivity index (χ0) is 13.1. The Bertz CT molecular complexity index is 583. The highest BCUT2D eigenvalue weighted by atomic mass is 19.1. The van der Waals surface area contributed by atoms with E-state index in [-0.39, 0.29) is 17.7 Å². The van der Waals surface area contributed by atoms with Crippen molar-refractivity contribution in [2.24, 2.45) is 0 Å². The molecule has 18 heavy (non-hydrogen) atoms. The van der Waals surface area contributed by atoms with Gasteiger partial charge in [-0.15, -0.1) is 0 Å². The summed E-state index contributed by atoms with van der Waals surface area (Å²) in [6.45, 7) is 3.89. The lowest BCUT2D eigenvalue weighted by Gasteiger charge is -2.13. The Morgan fingerprint density at radius 3 is 2.94 bits per heavy atom. The van der Waals surface area contributed by atoms with Gasteiger partial charge in [-0.1, -0.05) is 0 Å². The number of hydrogen-bond acceptors (Lipinski definition) is 3. The maximum atomic E-state index is 13.1. The summed E-state index contributed by atoms with van der Waals surface area (Å²) in [6.07, 6.45) is 1.58. The van der Waals surface area contributed by atoms with Crippen LogP contribution in [0.1, 0.15) is 25.3 Å². The Kier molecular flexibility index (Phi) is 3.55. The van der Waals surface area contributed by atoms with Crippen LogP contribution in [0.25, 0.3) is 10.9 Å². The van der Waals surface area contributed by atoms with Crippen LogP contribution in [0, 0.1) is 5.82 Å². The highest BCUT2D eigenvalue weighted by molar-refractivity contribution is 5.88. The lowest BCUT2D eigenvalue weighted by atomic mass is 9.97. The van der Waals surface area contributed by atoms with Crippen LogP contribution in [0.15, 0.2) is 30.5 Å². The first kappa shape index (κ1) is 12.5. The summed E-state index contributed by atoms with van der Waals surface area (Å²) in [7, 11) is 0. The number of carbonyl (C=O) groups is 1. The molecule has 1 aromatic heterocycles. The molecule has 4 heteroatoms. The van der Waals surface area contributed by atoms with E-state index >= 15 is 0 Å². The fraction of sp³-hybridized carbons (Fsp3) is 0.286. The van der Waals surface area contributed by atoms with Gasteiger partial charge >= 0.3 is 5.97 Å². The molecule has 0 bridgehead atoms. The van der Waals surface area contributed by atoms with Gasteiger partial charge in [0.1, 0.15) is 5.82 Å². The van der Waals surface area contributed by atoms with Crippen LogP contribution in [-0.4, -0.2) is 17.6 Å². The third-order valence-electron chi connectivity index (χ3n) is 2.85. The van der Waals surface area contributed by atoms with Crippen LogP contribution >= 0.6 is 0 Å². The van der Waals surface area contributed by atoms with E-state index in [0.29, 0.717) is 12.1 Å². The SMILES string of the molecule is CCOC(=O)C(C)c1ccnc2cc(F)ccc12. The molecule has 0 saturated carbocycles. The molecule has 94 valence electrons. The second-order valence-electron chi connectivity index (χ2n) is 4.04. The average molecular weight is 247 g/mol. The summed E-state index contributed by atoms with van der Waals surface area (Å²) in [5, 5.41) is 0.777. The van der Waals surface area contributed by atoms with Crippen LogP contribution in [0.2, 0.25) is 0 Å². The zero-order valence-corrected chi connectivity index (χ0v) is 10.3. The Morgan fingerprint density at radius 1 is 1.44 bits per heavy atom. The summed E-state index contributed by atoms with van der Waals surface area (Å²) in [4.78, 5) is 15.8. The van der Waals surface area contributed by atoms with Crippen molar-refractivity contribution in [1.82, 2.24) is 4.98 Å². The van der Waals surface area contributed by atoms with Gasteiger partial charge in [-0.2, -0.15) is 0 Å². The molecule has 0 N–H and O–H groups in total. The lowest BCUT2D eigenvalue weighted by molar-refractivity contribution is -0.144. The predicted molar refractivity (Wildman–Crippen MR) is 66.7 cm³/mol. The van der Waals surface area contributed by atoms with Gasteiger partial charge in [0.05, 0.1) is 18.0 Å². The number of fused-ring (bicyclic) bond motifs is 1. The highest BCUT2D eigenvalue weighted by Crippen LogP contribution is 2.25. The number of pyridine rings is 1. The predicted octanol–water partition coefficient (Wildman–Crippen LogP) is 3.04. The van der Waals surface area contributed by atoms with Crippen molar-refractivity contribution >= 4 is 16.9 Å². The summed E-state index contributed by atoms with van der Waals surface area (Å²) in [5.41, 5.74) is 1.35. The van der Waals surface area contributed by atoms with Gasteiger partial charge in [-0.05, 0) is 37.6 Å². The van der Waals surface area contributed by atoms with Gasteiger partial charge in [0, 0.05) is 17.6 Å². The van der Waals surface area contributed by atoms with E-state index in [1.807, 2.05) is 0 Å². The van der Waals surface area contributed by atoms with E-state index in [1.165, 1.54) is 12.1 Å². The van der Waals surface area contributed by atoms with Crippen molar-refractivity contribution in [3.63, 3.8) is 0 Å². The first-order valence-electron chi connectivity index (χ1n) is 5.84. The van der Waals surface area contributed by atoms with Crippen molar-refractivity contribution in [3.05, 3.63) is 41.8 Å². The quantitative estimate of drug-likeness (QED) is 0.782. The molecule has 0 fully saturated rings. The third kappa shape index (κ3) is 2.32. The number of hydrogen-bond donors (Lipinski definition) is 0. The fourth-order valence-electron chi connectivity index (χ4n) is 1.92. The molecule has 2 aromatic rings. The molecule has 0 aliphatic carbocycles. The monoisotopic (exact) mass is 247 g/mol. The first-order chi connectivity index (χ1) is 8.63. The lowest BCUT2D eigenvalue weighted by Crippen LogP contribution is -2.13. The fourth-order valence-corrected chi connectivity index (χ4v) is 1.92. The smallest absolute Gasteiger partial charge is 0.313 e. The summed E-state index contributed by atoms with van der Waals surface area (Å²) < 4.78 is 18.1.